The molecule has 2 aromatic carbocycles. The number of hydrogen-bond donors (Lipinski definition) is 0. The molecule has 29 heavy (non-hydrogen) atoms. The van der Waals surface area contributed by atoms with Crippen LogP contribution >= 0.6 is 0 Å². The van der Waals surface area contributed by atoms with Crippen molar-refractivity contribution < 1.29 is 27.5 Å². The van der Waals surface area contributed by atoms with E-state index in [1.54, 1.807) is 25.3 Å². The van der Waals surface area contributed by atoms with E-state index >= 15 is 0 Å². The lowest BCUT2D eigenvalue weighted by molar-refractivity contribution is -0.136. The molecule has 1 saturated heterocycles. The fraction of sp³-hybridized carbons (Fsp3) is 0.429. The first-order valence-corrected chi connectivity index (χ1v) is 11.4. The molecule has 1 atom stereocenters. The van der Waals surface area contributed by atoms with Crippen LogP contribution in [0.2, 0.25) is 0 Å². The van der Waals surface area contributed by atoms with Crippen LogP contribution in [-0.4, -0.2) is 63.0 Å². The Labute approximate surface area is 170 Å². The minimum absolute atomic E-state index is 0.0319. The summed E-state index contributed by atoms with van der Waals surface area (Å²) in [6, 6.07) is 10.2. The van der Waals surface area contributed by atoms with Crippen LogP contribution in [0.3, 0.4) is 0 Å². The number of fused-ring (bicyclic) bond motifs is 1. The third kappa shape index (κ3) is 4.70. The van der Waals surface area contributed by atoms with E-state index in [1.807, 2.05) is 25.1 Å². The molecule has 0 saturated carbocycles. The van der Waals surface area contributed by atoms with Gasteiger partial charge in [-0.3, -0.25) is 4.79 Å². The summed E-state index contributed by atoms with van der Waals surface area (Å²) in [7, 11) is -1.55. The molecule has 8 heteroatoms. The summed E-state index contributed by atoms with van der Waals surface area (Å²) in [6.45, 7) is 1.93. The second-order valence-corrected chi connectivity index (χ2v) is 9.31. The van der Waals surface area contributed by atoms with Gasteiger partial charge >= 0.3 is 5.97 Å². The number of benzene rings is 2. The smallest absolute Gasteiger partial charge is 0.339 e. The van der Waals surface area contributed by atoms with Crippen LogP contribution in [0.5, 0.6) is 5.75 Å². The summed E-state index contributed by atoms with van der Waals surface area (Å²) < 4.78 is 34.2. The first kappa shape index (κ1) is 21.1. The van der Waals surface area contributed by atoms with Gasteiger partial charge in [0.15, 0.2) is 16.4 Å². The lowest BCUT2D eigenvalue weighted by Gasteiger charge is -2.27. The van der Waals surface area contributed by atoms with Crippen LogP contribution in [0.25, 0.3) is 10.8 Å². The van der Waals surface area contributed by atoms with Gasteiger partial charge in [0.05, 0.1) is 24.2 Å². The average molecular weight is 419 g/mol. The Kier molecular flexibility index (Phi) is 6.42. The molecule has 1 aliphatic heterocycles. The molecule has 1 heterocycles. The number of esters is 1. The summed E-state index contributed by atoms with van der Waals surface area (Å²) in [4.78, 5) is 26.8. The SMILES string of the molecule is CCCN(C(=O)COC(=O)c1ccc(OC)c2ccccc12)[C@@H]1CCS(=O)(=O)C1. The maximum atomic E-state index is 12.7. The Morgan fingerprint density at radius 3 is 2.48 bits per heavy atom. The molecule has 1 amide bonds. The molecule has 7 nitrogen and oxygen atoms in total. The highest BCUT2D eigenvalue weighted by Gasteiger charge is 2.34. The van der Waals surface area contributed by atoms with Gasteiger partial charge in [0, 0.05) is 18.0 Å². The molecule has 0 aliphatic carbocycles. The highest BCUT2D eigenvalue weighted by atomic mass is 32.2. The maximum Gasteiger partial charge on any atom is 0.339 e. The average Bonchev–Trinajstić information content (AvgIpc) is 3.08. The Morgan fingerprint density at radius 2 is 1.86 bits per heavy atom. The molecule has 156 valence electrons. The van der Waals surface area contributed by atoms with Crippen LogP contribution in [0, 0.1) is 0 Å². The summed E-state index contributed by atoms with van der Waals surface area (Å²) in [5, 5.41) is 1.45. The molecule has 0 unspecified atom stereocenters. The summed E-state index contributed by atoms with van der Waals surface area (Å²) in [5.41, 5.74) is 0.347. The predicted molar refractivity (Wildman–Crippen MR) is 110 cm³/mol. The van der Waals surface area contributed by atoms with Gasteiger partial charge in [-0.05, 0) is 30.4 Å². The van der Waals surface area contributed by atoms with Gasteiger partial charge in [-0.15, -0.1) is 0 Å². The first-order valence-electron chi connectivity index (χ1n) is 9.59. The van der Waals surface area contributed by atoms with Crippen LogP contribution in [-0.2, 0) is 19.4 Å². The number of nitrogens with zero attached hydrogens (tertiary/aromatic N) is 1. The predicted octanol–water partition coefficient (Wildman–Crippen LogP) is 2.43. The largest absolute Gasteiger partial charge is 0.496 e. The number of ether oxygens (including phenoxy) is 2. The zero-order valence-corrected chi connectivity index (χ0v) is 17.4. The third-order valence-corrected chi connectivity index (χ3v) is 6.84. The van der Waals surface area contributed by atoms with Crippen LogP contribution in [0.4, 0.5) is 0 Å². The maximum absolute atomic E-state index is 12.7. The molecule has 1 fully saturated rings. The topological polar surface area (TPSA) is 90.0 Å². The number of rotatable bonds is 7. The standard InChI is InChI=1S/C21H25NO6S/c1-3-11-22(15-10-12-29(25,26)14-15)20(23)13-28-21(24)18-8-9-19(27-2)17-7-5-4-6-16(17)18/h4-9,15H,3,10-14H2,1-2H3/t15-/m1/s1. The van der Waals surface area contributed by atoms with Crippen molar-refractivity contribution in [3.05, 3.63) is 42.0 Å². The Balaban J connectivity index is 1.73. The molecule has 0 spiro atoms. The van der Waals surface area contributed by atoms with E-state index in [9.17, 15) is 18.0 Å². The van der Waals surface area contributed by atoms with Crippen molar-refractivity contribution in [2.75, 3.05) is 31.8 Å². The van der Waals surface area contributed by atoms with Crippen LogP contribution in [0.1, 0.15) is 30.1 Å². The molecular weight excluding hydrogens is 394 g/mol. The second kappa shape index (κ2) is 8.82. The number of amides is 1. The van der Waals surface area contributed by atoms with E-state index in [0.717, 1.165) is 5.39 Å². The van der Waals surface area contributed by atoms with Crippen LogP contribution < -0.4 is 4.74 Å². The minimum Gasteiger partial charge on any atom is -0.496 e. The molecule has 0 N–H and O–H groups in total. The zero-order valence-electron chi connectivity index (χ0n) is 16.6. The molecular formula is C21H25NO6S. The molecule has 0 bridgehead atoms. The van der Waals surface area contributed by atoms with Crippen molar-refractivity contribution in [3.8, 4) is 5.75 Å². The summed E-state index contributed by atoms with van der Waals surface area (Å²) in [5.74, 6) is -0.281. The van der Waals surface area contributed by atoms with E-state index in [4.69, 9.17) is 9.47 Å². The van der Waals surface area contributed by atoms with Gasteiger partial charge in [0.2, 0.25) is 0 Å². The van der Waals surface area contributed by atoms with Crippen LogP contribution in [0.15, 0.2) is 36.4 Å². The van der Waals surface area contributed by atoms with Gasteiger partial charge in [0.25, 0.3) is 5.91 Å². The van der Waals surface area contributed by atoms with Crippen molar-refractivity contribution in [1.82, 2.24) is 4.90 Å². The van der Waals surface area contributed by atoms with E-state index in [2.05, 4.69) is 0 Å². The Bertz CT molecular complexity index is 1020. The van der Waals surface area contributed by atoms with Gasteiger partial charge in [-0.25, -0.2) is 13.2 Å². The highest BCUT2D eigenvalue weighted by Crippen LogP contribution is 2.28. The number of hydrogen-bond acceptors (Lipinski definition) is 6. The molecule has 0 radical (unpaired) electrons. The van der Waals surface area contributed by atoms with Gasteiger partial charge in [-0.2, -0.15) is 0 Å². The third-order valence-electron chi connectivity index (χ3n) is 5.08. The van der Waals surface area contributed by atoms with Crippen molar-refractivity contribution in [3.63, 3.8) is 0 Å². The monoisotopic (exact) mass is 419 g/mol. The zero-order chi connectivity index (χ0) is 21.0. The number of sulfone groups is 1. The number of methoxy groups -OCH3 is 1. The lowest BCUT2D eigenvalue weighted by atomic mass is 10.0. The Morgan fingerprint density at radius 1 is 1.14 bits per heavy atom. The van der Waals surface area contributed by atoms with E-state index in [0.29, 0.717) is 36.1 Å². The first-order chi connectivity index (χ1) is 13.9. The molecule has 1 aliphatic rings. The van der Waals surface area contributed by atoms with Gasteiger partial charge in [-0.1, -0.05) is 31.2 Å². The summed E-state index contributed by atoms with van der Waals surface area (Å²) in [6.07, 6.45) is 1.12. The molecule has 2 aromatic rings. The van der Waals surface area contributed by atoms with Gasteiger partial charge in [0.1, 0.15) is 5.75 Å². The Hall–Kier alpha value is -2.61. The van der Waals surface area contributed by atoms with Crippen molar-refractivity contribution in [1.29, 1.82) is 0 Å². The van der Waals surface area contributed by atoms with Crippen molar-refractivity contribution in [2.45, 2.75) is 25.8 Å². The van der Waals surface area contributed by atoms with E-state index in [-0.39, 0.29) is 23.5 Å². The highest BCUT2D eigenvalue weighted by molar-refractivity contribution is 7.91. The fourth-order valence-electron chi connectivity index (χ4n) is 3.69. The fourth-order valence-corrected chi connectivity index (χ4v) is 5.42. The number of carbonyl (C=O) groups is 2. The normalized spacial score (nSPS) is 17.8. The minimum atomic E-state index is -3.11. The number of carbonyl (C=O) groups excluding carboxylic acids is 2. The molecule has 0 aromatic heterocycles. The second-order valence-electron chi connectivity index (χ2n) is 7.08. The van der Waals surface area contributed by atoms with E-state index < -0.39 is 22.4 Å². The summed E-state index contributed by atoms with van der Waals surface area (Å²) >= 11 is 0. The van der Waals surface area contributed by atoms with Gasteiger partial charge < -0.3 is 14.4 Å². The van der Waals surface area contributed by atoms with Crippen molar-refractivity contribution >= 4 is 32.5 Å². The molecule has 3 rings (SSSR count). The quantitative estimate of drug-likeness (QED) is 0.641. The lowest BCUT2D eigenvalue weighted by Crippen LogP contribution is -2.43. The van der Waals surface area contributed by atoms with E-state index in [1.165, 1.54) is 4.90 Å². The van der Waals surface area contributed by atoms with Crippen molar-refractivity contribution in [2.24, 2.45) is 0 Å².